The number of hydrogen-bond donors (Lipinski definition) is 0. The van der Waals surface area contributed by atoms with Gasteiger partial charge in [-0.05, 0) is 85.3 Å². The Morgan fingerprint density at radius 3 is 2.28 bits per heavy atom. The molecular weight excluding hydrogens is 605 g/mol. The summed E-state index contributed by atoms with van der Waals surface area (Å²) in [7, 11) is 0. The van der Waals surface area contributed by atoms with Crippen molar-refractivity contribution in [1.82, 2.24) is 9.55 Å². The Hall–Kier alpha value is -5.99. The number of aromatic nitrogens is 2. The van der Waals surface area contributed by atoms with Crippen LogP contribution in [0.25, 0.3) is 71.4 Å². The third-order valence-corrected chi connectivity index (χ3v) is 11.0. The van der Waals surface area contributed by atoms with Gasteiger partial charge in [0.15, 0.2) is 0 Å². The maximum Gasteiger partial charge on any atom is 0.141 e. The van der Waals surface area contributed by atoms with Crippen molar-refractivity contribution in [2.75, 3.05) is 0 Å². The first-order chi connectivity index (χ1) is 24.6. The van der Waals surface area contributed by atoms with Crippen molar-refractivity contribution in [3.63, 3.8) is 0 Å². The summed E-state index contributed by atoms with van der Waals surface area (Å²) in [5.41, 5.74) is 8.29. The molecule has 238 valence electrons. The summed E-state index contributed by atoms with van der Waals surface area (Å²) in [5.74, 6) is 1.36. The molecule has 0 radical (unpaired) electrons. The lowest BCUT2D eigenvalue weighted by atomic mass is 9.69. The zero-order chi connectivity index (χ0) is 33.2. The summed E-state index contributed by atoms with van der Waals surface area (Å²) in [4.78, 5) is 5.31. The van der Waals surface area contributed by atoms with E-state index in [-0.39, 0.29) is 11.5 Å². The van der Waals surface area contributed by atoms with E-state index in [0.29, 0.717) is 5.92 Å². The lowest BCUT2D eigenvalue weighted by Gasteiger charge is -2.34. The average molecular weight is 641 g/mol. The number of nitrogens with zero attached hydrogens (tertiary/aromatic N) is 2. The van der Waals surface area contributed by atoms with Crippen LogP contribution in [0.1, 0.15) is 24.9 Å². The molecule has 0 amide bonds. The fourth-order valence-corrected chi connectivity index (χ4v) is 8.55. The predicted octanol–water partition coefficient (Wildman–Crippen LogP) is 12.6. The molecule has 0 saturated heterocycles. The molecule has 0 aliphatic heterocycles. The van der Waals surface area contributed by atoms with Crippen molar-refractivity contribution in [1.29, 1.82) is 0 Å². The van der Waals surface area contributed by atoms with Gasteiger partial charge < -0.3 is 4.57 Å². The van der Waals surface area contributed by atoms with Gasteiger partial charge in [0, 0.05) is 16.9 Å². The van der Waals surface area contributed by atoms with Gasteiger partial charge in [-0.25, -0.2) is 4.98 Å². The SMILES string of the molecule is CC12C=CC=CC1C=CC(c1c3ccccc3c(-c3ccc4ccccc4c3)c3cc(-c4nc5ccccc5n4C4C=CC=CC4)ccc13)=C2. The van der Waals surface area contributed by atoms with Gasteiger partial charge in [0.25, 0.3) is 0 Å². The van der Waals surface area contributed by atoms with Crippen LogP contribution in [-0.4, -0.2) is 9.55 Å². The first kappa shape index (κ1) is 29.0. The number of hydrogen-bond acceptors (Lipinski definition) is 1. The van der Waals surface area contributed by atoms with Gasteiger partial charge >= 0.3 is 0 Å². The normalized spacial score (nSPS) is 21.0. The number of imidazole rings is 1. The summed E-state index contributed by atoms with van der Waals surface area (Å²) < 4.78 is 2.43. The van der Waals surface area contributed by atoms with Crippen molar-refractivity contribution in [3.8, 4) is 22.5 Å². The molecule has 0 bridgehead atoms. The molecule has 0 fully saturated rings. The van der Waals surface area contributed by atoms with Crippen LogP contribution in [0.4, 0.5) is 0 Å². The number of rotatable bonds is 4. The molecule has 6 aromatic carbocycles. The van der Waals surface area contributed by atoms with Crippen LogP contribution in [0.15, 0.2) is 176 Å². The van der Waals surface area contributed by atoms with E-state index in [4.69, 9.17) is 4.98 Å². The van der Waals surface area contributed by atoms with Gasteiger partial charge in [-0.2, -0.15) is 0 Å². The standard InChI is InChI=1S/C48H36N2/c1-48-28-12-11-15-37(48)26-24-36(31-48)46-40-19-8-7-18-39(40)45(34-23-22-32-13-5-6-14-33(32)29-34)42-30-35(25-27-41(42)46)47-49-43-20-9-10-21-44(43)50(47)38-16-3-2-4-17-38/h2-16,18-31,37-38H,17H2,1H3. The highest BCUT2D eigenvalue weighted by Crippen LogP contribution is 2.48. The first-order valence-electron chi connectivity index (χ1n) is 17.7. The molecule has 50 heavy (non-hydrogen) atoms. The molecule has 3 unspecified atom stereocenters. The highest BCUT2D eigenvalue weighted by molar-refractivity contribution is 6.20. The second-order valence-electron chi connectivity index (χ2n) is 14.1. The molecule has 1 aromatic heterocycles. The molecule has 0 spiro atoms. The van der Waals surface area contributed by atoms with Gasteiger partial charge in [0.05, 0.1) is 17.1 Å². The minimum Gasteiger partial charge on any atom is -0.317 e. The quantitative estimate of drug-likeness (QED) is 0.175. The molecule has 3 aliphatic carbocycles. The van der Waals surface area contributed by atoms with Gasteiger partial charge in [-0.1, -0.05) is 159 Å². The van der Waals surface area contributed by atoms with Crippen LogP contribution >= 0.6 is 0 Å². The number of allylic oxidation sites excluding steroid dienone is 12. The Morgan fingerprint density at radius 2 is 1.40 bits per heavy atom. The fraction of sp³-hybridized carbons (Fsp3) is 0.104. The van der Waals surface area contributed by atoms with Crippen LogP contribution in [-0.2, 0) is 0 Å². The van der Waals surface area contributed by atoms with E-state index in [0.717, 1.165) is 28.8 Å². The molecular formula is C48H36N2. The average Bonchev–Trinajstić information content (AvgIpc) is 3.56. The largest absolute Gasteiger partial charge is 0.317 e. The predicted molar refractivity (Wildman–Crippen MR) is 212 cm³/mol. The van der Waals surface area contributed by atoms with Gasteiger partial charge in [-0.15, -0.1) is 0 Å². The highest BCUT2D eigenvalue weighted by Gasteiger charge is 2.32. The summed E-state index contributed by atoms with van der Waals surface area (Å²) in [6, 6.07) is 40.4. The summed E-state index contributed by atoms with van der Waals surface area (Å²) in [5, 5.41) is 7.53. The van der Waals surface area contributed by atoms with Gasteiger partial charge in [0.1, 0.15) is 5.82 Å². The van der Waals surface area contributed by atoms with E-state index in [1.807, 2.05) is 0 Å². The zero-order valence-electron chi connectivity index (χ0n) is 28.0. The molecule has 10 rings (SSSR count). The molecule has 2 nitrogen and oxygen atoms in total. The topological polar surface area (TPSA) is 17.8 Å². The minimum atomic E-state index is -0.0734. The van der Waals surface area contributed by atoms with Gasteiger partial charge in [0.2, 0.25) is 0 Å². The van der Waals surface area contributed by atoms with Crippen LogP contribution < -0.4 is 0 Å². The monoisotopic (exact) mass is 640 g/mol. The van der Waals surface area contributed by atoms with E-state index in [1.165, 1.54) is 54.6 Å². The van der Waals surface area contributed by atoms with Crippen LogP contribution in [0.3, 0.4) is 0 Å². The Labute approximate surface area is 292 Å². The third kappa shape index (κ3) is 4.52. The van der Waals surface area contributed by atoms with E-state index in [2.05, 4.69) is 188 Å². The molecule has 1 heterocycles. The zero-order valence-corrected chi connectivity index (χ0v) is 28.0. The highest BCUT2D eigenvalue weighted by atomic mass is 15.1. The molecule has 3 atom stereocenters. The molecule has 0 saturated carbocycles. The minimum absolute atomic E-state index is 0.0734. The van der Waals surface area contributed by atoms with Crippen molar-refractivity contribution in [2.24, 2.45) is 11.3 Å². The van der Waals surface area contributed by atoms with Crippen molar-refractivity contribution in [3.05, 3.63) is 182 Å². The smallest absolute Gasteiger partial charge is 0.141 e. The molecule has 0 N–H and O–H groups in total. The second-order valence-corrected chi connectivity index (χ2v) is 14.1. The molecule has 2 heteroatoms. The van der Waals surface area contributed by atoms with Crippen LogP contribution in [0, 0.1) is 11.3 Å². The number of benzene rings is 6. The van der Waals surface area contributed by atoms with Crippen LogP contribution in [0.5, 0.6) is 0 Å². The number of fused-ring (bicyclic) bond motifs is 5. The van der Waals surface area contributed by atoms with Crippen molar-refractivity contribution >= 4 is 48.9 Å². The van der Waals surface area contributed by atoms with E-state index < -0.39 is 0 Å². The summed E-state index contributed by atoms with van der Waals surface area (Å²) >= 11 is 0. The Kier molecular flexibility index (Phi) is 6.54. The summed E-state index contributed by atoms with van der Waals surface area (Å²) in [6.07, 6.45) is 26.1. The molecule has 7 aromatic rings. The van der Waals surface area contributed by atoms with E-state index in [9.17, 15) is 0 Å². The second kappa shape index (κ2) is 11.3. The number of para-hydroxylation sites is 2. The van der Waals surface area contributed by atoms with Crippen molar-refractivity contribution < 1.29 is 0 Å². The Bertz CT molecular complexity index is 2710. The van der Waals surface area contributed by atoms with E-state index >= 15 is 0 Å². The molecule has 3 aliphatic rings. The lowest BCUT2D eigenvalue weighted by Crippen LogP contribution is -2.24. The Balaban J connectivity index is 1.29. The summed E-state index contributed by atoms with van der Waals surface area (Å²) in [6.45, 7) is 2.35. The third-order valence-electron chi connectivity index (χ3n) is 11.0. The van der Waals surface area contributed by atoms with Crippen LogP contribution in [0.2, 0.25) is 0 Å². The maximum absolute atomic E-state index is 5.31. The first-order valence-corrected chi connectivity index (χ1v) is 17.7. The Morgan fingerprint density at radius 1 is 0.640 bits per heavy atom. The lowest BCUT2D eigenvalue weighted by molar-refractivity contribution is 0.454. The fourth-order valence-electron chi connectivity index (χ4n) is 8.55. The van der Waals surface area contributed by atoms with Gasteiger partial charge in [-0.3, -0.25) is 0 Å². The maximum atomic E-state index is 5.31. The van der Waals surface area contributed by atoms with Crippen molar-refractivity contribution in [2.45, 2.75) is 19.4 Å². The van der Waals surface area contributed by atoms with E-state index in [1.54, 1.807) is 0 Å².